The van der Waals surface area contributed by atoms with Crippen LogP contribution in [0.15, 0.2) is 41.8 Å². The minimum Gasteiger partial charge on any atom is -0.508 e. The number of phenols is 1. The maximum absolute atomic E-state index is 9.67. The van der Waals surface area contributed by atoms with E-state index >= 15 is 0 Å². The van der Waals surface area contributed by atoms with Gasteiger partial charge in [0, 0.05) is 22.2 Å². The molecule has 1 aliphatic heterocycles. The molecular formula is C17H12Cl2N2O3. The van der Waals surface area contributed by atoms with Gasteiger partial charge >= 0.3 is 0 Å². The van der Waals surface area contributed by atoms with Crippen LogP contribution in [0.1, 0.15) is 17.0 Å². The third kappa shape index (κ3) is 2.60. The van der Waals surface area contributed by atoms with E-state index in [1.807, 2.05) is 0 Å². The number of hydrogen-bond acceptors (Lipinski definition) is 5. The van der Waals surface area contributed by atoms with Crippen LogP contribution in [0.3, 0.4) is 0 Å². The van der Waals surface area contributed by atoms with Gasteiger partial charge in [-0.05, 0) is 18.2 Å². The summed E-state index contributed by atoms with van der Waals surface area (Å²) in [4.78, 5) is 0. The van der Waals surface area contributed by atoms with Crippen LogP contribution in [0.5, 0.6) is 17.2 Å². The van der Waals surface area contributed by atoms with Gasteiger partial charge in [0.25, 0.3) is 0 Å². The summed E-state index contributed by atoms with van der Waals surface area (Å²) in [7, 11) is 1.48. The molecule has 1 heterocycles. The molecule has 5 nitrogen and oxygen atoms in total. The number of nitrogens with zero attached hydrogens (tertiary/aromatic N) is 1. The number of allylic oxidation sites excluding steroid dienone is 1. The summed E-state index contributed by atoms with van der Waals surface area (Å²) in [6.07, 6.45) is 0. The molecule has 2 aromatic carbocycles. The number of rotatable bonds is 2. The summed E-state index contributed by atoms with van der Waals surface area (Å²) in [5.41, 5.74) is 7.35. The Morgan fingerprint density at radius 3 is 2.67 bits per heavy atom. The van der Waals surface area contributed by atoms with E-state index in [4.69, 9.17) is 38.4 Å². The molecule has 0 aromatic heterocycles. The van der Waals surface area contributed by atoms with Gasteiger partial charge in [0.15, 0.2) is 0 Å². The second-order valence-electron chi connectivity index (χ2n) is 5.16. The van der Waals surface area contributed by atoms with Gasteiger partial charge in [0.05, 0.1) is 18.1 Å². The predicted molar refractivity (Wildman–Crippen MR) is 90.4 cm³/mol. The van der Waals surface area contributed by atoms with Crippen LogP contribution in [0.25, 0.3) is 0 Å². The molecule has 0 amide bonds. The molecule has 122 valence electrons. The minimum absolute atomic E-state index is 0.0248. The van der Waals surface area contributed by atoms with E-state index in [2.05, 4.69) is 6.07 Å². The summed E-state index contributed by atoms with van der Waals surface area (Å²) in [5, 5.41) is 19.9. The molecule has 0 saturated carbocycles. The summed E-state index contributed by atoms with van der Waals surface area (Å²) >= 11 is 12.4. The molecular weight excluding hydrogens is 351 g/mol. The Kier molecular flexibility index (Phi) is 4.18. The molecule has 3 rings (SSSR count). The van der Waals surface area contributed by atoms with Crippen molar-refractivity contribution in [3.8, 4) is 23.3 Å². The lowest BCUT2D eigenvalue weighted by Gasteiger charge is -2.27. The number of hydrogen-bond donors (Lipinski definition) is 2. The summed E-state index contributed by atoms with van der Waals surface area (Å²) in [5.74, 6) is 0.156. The molecule has 0 fully saturated rings. The zero-order valence-corrected chi connectivity index (χ0v) is 14.0. The normalized spacial score (nSPS) is 16.2. The number of methoxy groups -OCH3 is 1. The Hall–Kier alpha value is -2.55. The zero-order chi connectivity index (χ0) is 17.4. The van der Waals surface area contributed by atoms with E-state index in [1.54, 1.807) is 18.2 Å². The highest BCUT2D eigenvalue weighted by molar-refractivity contribution is 6.35. The number of phenolic OH excluding ortho intramolecular Hbond substituents is 1. The van der Waals surface area contributed by atoms with Gasteiger partial charge in [-0.2, -0.15) is 5.26 Å². The molecule has 0 aliphatic carbocycles. The molecule has 2 aromatic rings. The Labute approximate surface area is 148 Å². The smallest absolute Gasteiger partial charge is 0.205 e. The van der Waals surface area contributed by atoms with E-state index in [-0.39, 0.29) is 17.2 Å². The SMILES string of the molecule is COc1c(Cl)cc(Cl)cc1[C@H]1C(C#N)=C(N)Oc2cc(O)ccc21. The molecule has 24 heavy (non-hydrogen) atoms. The van der Waals surface area contributed by atoms with Crippen molar-refractivity contribution in [1.29, 1.82) is 5.26 Å². The van der Waals surface area contributed by atoms with E-state index in [1.165, 1.54) is 19.2 Å². The van der Waals surface area contributed by atoms with Crippen molar-refractivity contribution < 1.29 is 14.6 Å². The van der Waals surface area contributed by atoms with Crippen LogP contribution in [-0.4, -0.2) is 12.2 Å². The summed E-state index contributed by atoms with van der Waals surface area (Å²) < 4.78 is 10.9. The van der Waals surface area contributed by atoms with Gasteiger partial charge in [0.2, 0.25) is 5.88 Å². The van der Waals surface area contributed by atoms with Crippen LogP contribution in [0.4, 0.5) is 0 Å². The standard InChI is InChI=1S/C17H12Cl2N2O3/c1-23-16-11(4-8(18)5-13(16)19)15-10-3-2-9(22)6-14(10)24-17(21)12(15)7-20/h2-6,15,22H,21H2,1H3/t15-/m0/s1. The highest BCUT2D eigenvalue weighted by Crippen LogP contribution is 2.48. The average molecular weight is 363 g/mol. The zero-order valence-electron chi connectivity index (χ0n) is 12.5. The summed E-state index contributed by atoms with van der Waals surface area (Å²) in [6.45, 7) is 0. The van der Waals surface area contributed by atoms with Crippen molar-refractivity contribution >= 4 is 23.2 Å². The quantitative estimate of drug-likeness (QED) is 0.844. The molecule has 3 N–H and O–H groups in total. The summed E-state index contributed by atoms with van der Waals surface area (Å²) in [6, 6.07) is 9.90. The van der Waals surface area contributed by atoms with E-state index < -0.39 is 5.92 Å². The molecule has 7 heteroatoms. The molecule has 1 atom stereocenters. The van der Waals surface area contributed by atoms with Gasteiger partial charge in [-0.1, -0.05) is 29.3 Å². The number of halogens is 2. The van der Waals surface area contributed by atoms with Crippen molar-refractivity contribution in [1.82, 2.24) is 0 Å². The fourth-order valence-corrected chi connectivity index (χ4v) is 3.36. The van der Waals surface area contributed by atoms with Crippen LogP contribution in [0, 0.1) is 11.3 Å². The molecule has 0 radical (unpaired) electrons. The molecule has 0 saturated heterocycles. The van der Waals surface area contributed by atoms with Crippen LogP contribution in [-0.2, 0) is 0 Å². The van der Waals surface area contributed by atoms with Crippen LogP contribution in [0.2, 0.25) is 10.0 Å². The molecule has 1 aliphatic rings. The number of fused-ring (bicyclic) bond motifs is 1. The Morgan fingerprint density at radius 2 is 2.00 bits per heavy atom. The fraction of sp³-hybridized carbons (Fsp3) is 0.118. The second-order valence-corrected chi connectivity index (χ2v) is 6.00. The van der Waals surface area contributed by atoms with Crippen molar-refractivity contribution in [2.75, 3.05) is 7.11 Å². The third-order valence-corrected chi connectivity index (χ3v) is 4.25. The first kappa shape index (κ1) is 16.3. The van der Waals surface area contributed by atoms with E-state index in [0.717, 1.165) is 0 Å². The van der Waals surface area contributed by atoms with Crippen molar-refractivity contribution in [3.05, 3.63) is 63.0 Å². The Bertz CT molecular complexity index is 903. The predicted octanol–water partition coefficient (Wildman–Crippen LogP) is 3.93. The highest BCUT2D eigenvalue weighted by atomic mass is 35.5. The first-order valence-corrected chi connectivity index (χ1v) is 7.65. The van der Waals surface area contributed by atoms with Gasteiger partial charge < -0.3 is 20.3 Å². The molecule has 0 spiro atoms. The maximum atomic E-state index is 9.67. The van der Waals surface area contributed by atoms with E-state index in [0.29, 0.717) is 32.7 Å². The lowest BCUT2D eigenvalue weighted by atomic mass is 9.83. The average Bonchev–Trinajstić information content (AvgIpc) is 2.52. The fourth-order valence-electron chi connectivity index (χ4n) is 2.77. The number of aromatic hydroxyl groups is 1. The monoisotopic (exact) mass is 362 g/mol. The second kappa shape index (κ2) is 6.16. The van der Waals surface area contributed by atoms with Crippen molar-refractivity contribution in [3.63, 3.8) is 0 Å². The van der Waals surface area contributed by atoms with Gasteiger partial charge in [-0.3, -0.25) is 0 Å². The largest absolute Gasteiger partial charge is 0.508 e. The number of nitriles is 1. The van der Waals surface area contributed by atoms with Crippen molar-refractivity contribution in [2.45, 2.75) is 5.92 Å². The van der Waals surface area contributed by atoms with Gasteiger partial charge in [-0.15, -0.1) is 0 Å². The van der Waals surface area contributed by atoms with Crippen molar-refractivity contribution in [2.24, 2.45) is 5.73 Å². The van der Waals surface area contributed by atoms with E-state index in [9.17, 15) is 10.4 Å². The Morgan fingerprint density at radius 1 is 1.25 bits per heavy atom. The molecule has 0 bridgehead atoms. The van der Waals surface area contributed by atoms with Gasteiger partial charge in [0.1, 0.15) is 28.9 Å². The van der Waals surface area contributed by atoms with Crippen LogP contribution >= 0.6 is 23.2 Å². The number of ether oxygens (including phenoxy) is 2. The van der Waals surface area contributed by atoms with Crippen LogP contribution < -0.4 is 15.2 Å². The maximum Gasteiger partial charge on any atom is 0.205 e. The third-order valence-electron chi connectivity index (χ3n) is 3.75. The van der Waals surface area contributed by atoms with Gasteiger partial charge in [-0.25, -0.2) is 0 Å². The Balaban J connectivity index is 2.32. The minimum atomic E-state index is -0.578. The lowest BCUT2D eigenvalue weighted by molar-refractivity contribution is 0.383. The topological polar surface area (TPSA) is 88.5 Å². The first-order valence-electron chi connectivity index (χ1n) is 6.89. The highest BCUT2D eigenvalue weighted by Gasteiger charge is 2.33. The molecule has 0 unspecified atom stereocenters. The number of benzene rings is 2. The first-order chi connectivity index (χ1) is 11.5. The number of nitrogens with two attached hydrogens (primary N) is 1. The lowest BCUT2D eigenvalue weighted by Crippen LogP contribution is -2.21.